The summed E-state index contributed by atoms with van der Waals surface area (Å²) in [6.45, 7) is 5.15. The molecule has 1 aromatic rings. The lowest BCUT2D eigenvalue weighted by atomic mass is 10.3. The van der Waals surface area contributed by atoms with Gasteiger partial charge < -0.3 is 10.1 Å². The van der Waals surface area contributed by atoms with Crippen LogP contribution >= 0.6 is 0 Å². The van der Waals surface area contributed by atoms with Crippen molar-refractivity contribution in [2.45, 2.75) is 33.2 Å². The van der Waals surface area contributed by atoms with Gasteiger partial charge in [-0.05, 0) is 19.5 Å². The normalized spacial score (nSPS) is 11.2. The Bertz CT molecular complexity index is 361. The summed E-state index contributed by atoms with van der Waals surface area (Å²) in [5.41, 5.74) is 1.79. The first-order valence-corrected chi connectivity index (χ1v) is 6.02. The number of halogens is 2. The second-order valence-electron chi connectivity index (χ2n) is 3.91. The second kappa shape index (κ2) is 8.05. The smallest absolute Gasteiger partial charge is 0.261 e. The molecule has 0 aliphatic carbocycles. The lowest BCUT2D eigenvalue weighted by Crippen LogP contribution is -2.15. The van der Waals surface area contributed by atoms with Gasteiger partial charge >= 0.3 is 0 Å². The van der Waals surface area contributed by atoms with E-state index in [1.54, 1.807) is 0 Å². The molecule has 1 aromatic heterocycles. The van der Waals surface area contributed by atoms with Gasteiger partial charge in [0.05, 0.1) is 12.3 Å². The predicted octanol–water partition coefficient (Wildman–Crippen LogP) is 1.72. The number of rotatable bonds is 8. The molecular weight excluding hydrogens is 240 g/mol. The molecule has 0 saturated heterocycles. The van der Waals surface area contributed by atoms with Gasteiger partial charge in [0.25, 0.3) is 6.43 Å². The average Bonchev–Trinajstić information content (AvgIpc) is 2.31. The lowest BCUT2D eigenvalue weighted by Gasteiger charge is -2.07. The monoisotopic (exact) mass is 259 g/mol. The maximum atomic E-state index is 11.9. The van der Waals surface area contributed by atoms with E-state index in [4.69, 9.17) is 4.74 Å². The van der Waals surface area contributed by atoms with Crippen LogP contribution in [0.2, 0.25) is 0 Å². The van der Waals surface area contributed by atoms with E-state index in [0.717, 1.165) is 17.9 Å². The van der Waals surface area contributed by atoms with E-state index in [2.05, 4.69) is 15.3 Å². The number of hydrogen-bond donors (Lipinski definition) is 1. The number of hydrogen-bond acceptors (Lipinski definition) is 4. The van der Waals surface area contributed by atoms with Gasteiger partial charge in [0.15, 0.2) is 0 Å². The van der Waals surface area contributed by atoms with Crippen LogP contribution < -0.4 is 5.32 Å². The fourth-order valence-electron chi connectivity index (χ4n) is 1.49. The van der Waals surface area contributed by atoms with Crippen molar-refractivity contribution in [3.8, 4) is 0 Å². The van der Waals surface area contributed by atoms with E-state index < -0.39 is 13.0 Å². The predicted molar refractivity (Wildman–Crippen MR) is 64.7 cm³/mol. The molecule has 0 unspecified atom stereocenters. The van der Waals surface area contributed by atoms with E-state index in [-0.39, 0.29) is 6.61 Å². The zero-order valence-corrected chi connectivity index (χ0v) is 10.7. The van der Waals surface area contributed by atoms with E-state index in [9.17, 15) is 8.78 Å². The molecule has 0 spiro atoms. The van der Waals surface area contributed by atoms with E-state index in [1.165, 1.54) is 0 Å². The van der Waals surface area contributed by atoms with Crippen LogP contribution in [0, 0.1) is 6.92 Å². The summed E-state index contributed by atoms with van der Waals surface area (Å²) in [6.07, 6.45) is -1.97. The quantitative estimate of drug-likeness (QED) is 0.722. The van der Waals surface area contributed by atoms with Crippen LogP contribution in [-0.4, -0.2) is 36.2 Å². The van der Waals surface area contributed by atoms with Gasteiger partial charge in [-0.2, -0.15) is 0 Å². The molecule has 1 N–H and O–H groups in total. The maximum Gasteiger partial charge on any atom is 0.261 e. The second-order valence-corrected chi connectivity index (χ2v) is 3.91. The Hall–Kier alpha value is -1.14. The van der Waals surface area contributed by atoms with Gasteiger partial charge in [-0.25, -0.2) is 18.7 Å². The SMILES string of the molecule is CCNCc1cc(C)nc(CCOCC(F)F)n1. The van der Waals surface area contributed by atoms with E-state index >= 15 is 0 Å². The summed E-state index contributed by atoms with van der Waals surface area (Å²) in [7, 11) is 0. The molecule has 0 atom stereocenters. The van der Waals surface area contributed by atoms with Gasteiger partial charge in [0.2, 0.25) is 0 Å². The zero-order valence-electron chi connectivity index (χ0n) is 10.7. The average molecular weight is 259 g/mol. The Morgan fingerprint density at radius 2 is 2.17 bits per heavy atom. The highest BCUT2D eigenvalue weighted by Crippen LogP contribution is 2.02. The largest absolute Gasteiger partial charge is 0.375 e. The maximum absolute atomic E-state index is 11.9. The fourth-order valence-corrected chi connectivity index (χ4v) is 1.49. The molecule has 0 radical (unpaired) electrons. The molecular formula is C12H19F2N3O. The highest BCUT2D eigenvalue weighted by molar-refractivity contribution is 5.10. The van der Waals surface area contributed by atoms with Gasteiger partial charge in [0.1, 0.15) is 12.4 Å². The van der Waals surface area contributed by atoms with Crippen LogP contribution in [0.4, 0.5) is 8.78 Å². The van der Waals surface area contributed by atoms with Crippen molar-refractivity contribution in [1.29, 1.82) is 0 Å². The van der Waals surface area contributed by atoms with Crippen LogP contribution in [0.25, 0.3) is 0 Å². The first-order chi connectivity index (χ1) is 8.61. The third kappa shape index (κ3) is 5.97. The Morgan fingerprint density at radius 1 is 1.39 bits per heavy atom. The molecule has 102 valence electrons. The Kier molecular flexibility index (Phi) is 6.67. The van der Waals surface area contributed by atoms with Crippen molar-refractivity contribution in [3.63, 3.8) is 0 Å². The summed E-state index contributed by atoms with van der Waals surface area (Å²) in [4.78, 5) is 8.60. The van der Waals surface area contributed by atoms with Gasteiger partial charge in [0, 0.05) is 18.7 Å². The number of aryl methyl sites for hydroxylation is 1. The highest BCUT2D eigenvalue weighted by atomic mass is 19.3. The topological polar surface area (TPSA) is 47.0 Å². The van der Waals surface area contributed by atoms with E-state index in [0.29, 0.717) is 18.8 Å². The number of nitrogens with zero attached hydrogens (tertiary/aromatic N) is 2. The van der Waals surface area contributed by atoms with Gasteiger partial charge in [-0.3, -0.25) is 0 Å². The lowest BCUT2D eigenvalue weighted by molar-refractivity contribution is 0.0182. The number of nitrogens with one attached hydrogen (secondary N) is 1. The molecule has 6 heteroatoms. The van der Waals surface area contributed by atoms with Crippen molar-refractivity contribution in [2.75, 3.05) is 19.8 Å². The molecule has 0 saturated carbocycles. The highest BCUT2D eigenvalue weighted by Gasteiger charge is 2.05. The summed E-state index contributed by atoms with van der Waals surface area (Å²) >= 11 is 0. The third-order valence-electron chi connectivity index (χ3n) is 2.22. The van der Waals surface area contributed by atoms with Crippen molar-refractivity contribution in [2.24, 2.45) is 0 Å². The van der Waals surface area contributed by atoms with Crippen LogP contribution in [0.15, 0.2) is 6.07 Å². The molecule has 1 heterocycles. The number of aromatic nitrogens is 2. The molecule has 4 nitrogen and oxygen atoms in total. The van der Waals surface area contributed by atoms with Gasteiger partial charge in [-0.15, -0.1) is 0 Å². The molecule has 0 aromatic carbocycles. The third-order valence-corrected chi connectivity index (χ3v) is 2.22. The zero-order chi connectivity index (χ0) is 13.4. The minimum absolute atomic E-state index is 0.217. The van der Waals surface area contributed by atoms with Crippen molar-refractivity contribution in [3.05, 3.63) is 23.3 Å². The number of alkyl halides is 2. The minimum atomic E-state index is -2.42. The molecule has 0 amide bonds. The molecule has 18 heavy (non-hydrogen) atoms. The summed E-state index contributed by atoms with van der Waals surface area (Å²) in [5.74, 6) is 0.636. The van der Waals surface area contributed by atoms with Crippen LogP contribution in [0.1, 0.15) is 24.1 Å². The van der Waals surface area contributed by atoms with Crippen LogP contribution in [-0.2, 0) is 17.7 Å². The first kappa shape index (κ1) is 14.9. The molecule has 0 fully saturated rings. The fraction of sp³-hybridized carbons (Fsp3) is 0.667. The van der Waals surface area contributed by atoms with E-state index in [1.807, 2.05) is 19.9 Å². The standard InChI is InChI=1S/C12H19F2N3O/c1-3-15-7-10-6-9(2)16-12(17-10)4-5-18-8-11(13)14/h6,11,15H,3-5,7-8H2,1-2H3. The molecule has 0 aliphatic heterocycles. The van der Waals surface area contributed by atoms with Gasteiger partial charge in [-0.1, -0.05) is 6.92 Å². The molecule has 0 aliphatic rings. The molecule has 0 bridgehead atoms. The van der Waals surface area contributed by atoms with Crippen LogP contribution in [0.3, 0.4) is 0 Å². The Labute approximate surface area is 106 Å². The Morgan fingerprint density at radius 3 is 2.83 bits per heavy atom. The van der Waals surface area contributed by atoms with Crippen molar-refractivity contribution in [1.82, 2.24) is 15.3 Å². The summed E-state index contributed by atoms with van der Waals surface area (Å²) in [5, 5.41) is 3.18. The molecule has 1 rings (SSSR count). The summed E-state index contributed by atoms with van der Waals surface area (Å²) < 4.78 is 28.5. The van der Waals surface area contributed by atoms with Crippen molar-refractivity contribution < 1.29 is 13.5 Å². The van der Waals surface area contributed by atoms with Crippen molar-refractivity contribution >= 4 is 0 Å². The number of ether oxygens (including phenoxy) is 1. The first-order valence-electron chi connectivity index (χ1n) is 6.02. The van der Waals surface area contributed by atoms with Crippen LogP contribution in [0.5, 0.6) is 0 Å². The summed E-state index contributed by atoms with van der Waals surface area (Å²) in [6, 6.07) is 1.91. The minimum Gasteiger partial charge on any atom is -0.375 e. The Balaban J connectivity index is 2.46.